The summed E-state index contributed by atoms with van der Waals surface area (Å²) < 4.78 is 5.22. The average Bonchev–Trinajstić information content (AvgIpc) is 3.67. The van der Waals surface area contributed by atoms with Crippen LogP contribution in [-0.4, -0.2) is 26.2 Å². The van der Waals surface area contributed by atoms with Gasteiger partial charge in [-0.05, 0) is 96.7 Å². The molecular weight excluding hydrogens is 408 g/mol. The molecule has 0 amide bonds. The highest BCUT2D eigenvalue weighted by molar-refractivity contribution is 6.02. The number of esters is 1. The van der Waals surface area contributed by atoms with E-state index in [1.54, 1.807) is 0 Å². The summed E-state index contributed by atoms with van der Waals surface area (Å²) in [4.78, 5) is 12.9. The van der Waals surface area contributed by atoms with E-state index in [2.05, 4.69) is 79.1 Å². The number of carbonyl (C=O) groups is 1. The van der Waals surface area contributed by atoms with E-state index in [4.69, 9.17) is 4.74 Å². The molecule has 0 heterocycles. The van der Waals surface area contributed by atoms with E-state index in [0.29, 0.717) is 5.56 Å². The summed E-state index contributed by atoms with van der Waals surface area (Å²) in [7, 11) is 1.45. The van der Waals surface area contributed by atoms with Crippen molar-refractivity contribution in [2.75, 3.05) is 30.8 Å². The van der Waals surface area contributed by atoms with Gasteiger partial charge in [-0.25, -0.2) is 4.79 Å². The van der Waals surface area contributed by atoms with Crippen molar-refractivity contribution >= 4 is 17.3 Å². The van der Waals surface area contributed by atoms with E-state index in [1.807, 2.05) is 6.92 Å². The highest BCUT2D eigenvalue weighted by atomic mass is 16.5. The first-order chi connectivity index (χ1) is 16.0. The Morgan fingerprint density at radius 2 is 1.55 bits per heavy atom. The second kappa shape index (κ2) is 10.1. The van der Waals surface area contributed by atoms with Crippen molar-refractivity contribution in [2.45, 2.75) is 40.0 Å². The number of hydrogen-bond acceptors (Lipinski definition) is 4. The SMILES string of the molecule is CCCNc1ccc(-c2c(C)cc(-c3ccc(NCC4CC4)cc3)c(C)c2C(=O)OC)cc1. The fourth-order valence-electron chi connectivity index (χ4n) is 4.32. The molecule has 1 aliphatic carbocycles. The van der Waals surface area contributed by atoms with Crippen molar-refractivity contribution < 1.29 is 9.53 Å². The quantitative estimate of drug-likeness (QED) is 0.348. The second-order valence-electron chi connectivity index (χ2n) is 9.01. The van der Waals surface area contributed by atoms with E-state index >= 15 is 0 Å². The summed E-state index contributed by atoms with van der Waals surface area (Å²) in [5, 5.41) is 6.92. The van der Waals surface area contributed by atoms with Gasteiger partial charge in [0.05, 0.1) is 12.7 Å². The third kappa shape index (κ3) is 5.22. The Kier molecular flexibility index (Phi) is 7.02. The zero-order chi connectivity index (χ0) is 23.4. The predicted octanol–water partition coefficient (Wildman–Crippen LogP) is 7.07. The maximum atomic E-state index is 12.9. The third-order valence-electron chi connectivity index (χ3n) is 6.41. The van der Waals surface area contributed by atoms with Crippen LogP contribution in [-0.2, 0) is 4.74 Å². The minimum absolute atomic E-state index is 0.302. The Bertz CT molecular complexity index is 1110. The number of hydrogen-bond donors (Lipinski definition) is 2. The van der Waals surface area contributed by atoms with Crippen molar-refractivity contribution in [3.63, 3.8) is 0 Å². The normalized spacial score (nSPS) is 13.0. The van der Waals surface area contributed by atoms with Crippen LogP contribution in [0.25, 0.3) is 22.3 Å². The molecule has 0 aliphatic heterocycles. The van der Waals surface area contributed by atoms with Crippen molar-refractivity contribution in [1.29, 1.82) is 0 Å². The molecule has 1 fully saturated rings. The molecule has 0 atom stereocenters. The molecule has 3 aromatic rings. The lowest BCUT2D eigenvalue weighted by Crippen LogP contribution is -2.09. The lowest BCUT2D eigenvalue weighted by molar-refractivity contribution is 0.0601. The summed E-state index contributed by atoms with van der Waals surface area (Å²) in [5.74, 6) is 0.532. The van der Waals surface area contributed by atoms with Gasteiger partial charge in [0.25, 0.3) is 0 Å². The molecule has 0 unspecified atom stereocenters. The Labute approximate surface area is 197 Å². The molecule has 33 heavy (non-hydrogen) atoms. The molecule has 3 aromatic carbocycles. The maximum Gasteiger partial charge on any atom is 0.338 e. The molecule has 1 aliphatic rings. The molecule has 0 bridgehead atoms. The van der Waals surface area contributed by atoms with Crippen molar-refractivity contribution in [3.05, 3.63) is 71.3 Å². The van der Waals surface area contributed by atoms with Gasteiger partial charge in [-0.3, -0.25) is 0 Å². The lowest BCUT2D eigenvalue weighted by Gasteiger charge is -2.19. The van der Waals surface area contributed by atoms with Crippen LogP contribution < -0.4 is 10.6 Å². The third-order valence-corrected chi connectivity index (χ3v) is 6.41. The van der Waals surface area contributed by atoms with Gasteiger partial charge in [0, 0.05) is 24.5 Å². The van der Waals surface area contributed by atoms with Crippen LogP contribution >= 0.6 is 0 Å². The first-order valence-electron chi connectivity index (χ1n) is 11.9. The Morgan fingerprint density at radius 3 is 2.12 bits per heavy atom. The van der Waals surface area contributed by atoms with Gasteiger partial charge in [0.15, 0.2) is 0 Å². The molecule has 172 valence electrons. The summed E-state index contributed by atoms with van der Waals surface area (Å²) in [6.07, 6.45) is 3.75. The minimum atomic E-state index is -0.302. The number of benzene rings is 3. The van der Waals surface area contributed by atoms with E-state index in [9.17, 15) is 4.79 Å². The fraction of sp³-hybridized carbons (Fsp3) is 0.345. The number of methoxy groups -OCH3 is 1. The number of aryl methyl sites for hydroxylation is 1. The highest BCUT2D eigenvalue weighted by Gasteiger charge is 2.22. The first kappa shape index (κ1) is 22.9. The number of nitrogens with one attached hydrogen (secondary N) is 2. The van der Waals surface area contributed by atoms with Gasteiger partial charge in [0.2, 0.25) is 0 Å². The van der Waals surface area contributed by atoms with Crippen molar-refractivity contribution in [1.82, 2.24) is 0 Å². The molecule has 0 spiro atoms. The Balaban J connectivity index is 1.70. The lowest BCUT2D eigenvalue weighted by atomic mass is 9.86. The molecule has 2 N–H and O–H groups in total. The number of carbonyl (C=O) groups excluding carboxylic acids is 1. The Hall–Kier alpha value is -3.27. The van der Waals surface area contributed by atoms with E-state index in [1.165, 1.54) is 20.0 Å². The molecule has 0 radical (unpaired) electrons. The maximum absolute atomic E-state index is 12.9. The van der Waals surface area contributed by atoms with Crippen LogP contribution in [0.5, 0.6) is 0 Å². The smallest absolute Gasteiger partial charge is 0.338 e. The Morgan fingerprint density at radius 1 is 0.939 bits per heavy atom. The number of anilines is 2. The van der Waals surface area contributed by atoms with Gasteiger partial charge >= 0.3 is 5.97 Å². The van der Waals surface area contributed by atoms with Crippen molar-refractivity contribution in [3.8, 4) is 22.3 Å². The zero-order valence-electron chi connectivity index (χ0n) is 20.1. The van der Waals surface area contributed by atoms with E-state index < -0.39 is 0 Å². The van der Waals surface area contributed by atoms with Crippen LogP contribution in [0.15, 0.2) is 54.6 Å². The molecule has 0 saturated heterocycles. The van der Waals surface area contributed by atoms with Crippen LogP contribution in [0.2, 0.25) is 0 Å². The van der Waals surface area contributed by atoms with Crippen LogP contribution in [0.3, 0.4) is 0 Å². The summed E-state index contributed by atoms with van der Waals surface area (Å²) >= 11 is 0. The molecule has 4 rings (SSSR count). The van der Waals surface area contributed by atoms with Gasteiger partial charge in [-0.2, -0.15) is 0 Å². The van der Waals surface area contributed by atoms with Gasteiger partial charge in [-0.1, -0.05) is 37.3 Å². The van der Waals surface area contributed by atoms with E-state index in [-0.39, 0.29) is 5.97 Å². The largest absolute Gasteiger partial charge is 0.465 e. The minimum Gasteiger partial charge on any atom is -0.465 e. The monoisotopic (exact) mass is 442 g/mol. The zero-order valence-corrected chi connectivity index (χ0v) is 20.1. The second-order valence-corrected chi connectivity index (χ2v) is 9.01. The molecule has 4 heteroatoms. The molecule has 4 nitrogen and oxygen atoms in total. The van der Waals surface area contributed by atoms with Gasteiger partial charge in [0.1, 0.15) is 0 Å². The summed E-state index contributed by atoms with van der Waals surface area (Å²) in [6.45, 7) is 8.22. The van der Waals surface area contributed by atoms with Crippen LogP contribution in [0, 0.1) is 19.8 Å². The highest BCUT2D eigenvalue weighted by Crippen LogP contribution is 2.37. The predicted molar refractivity (Wildman–Crippen MR) is 138 cm³/mol. The first-order valence-corrected chi connectivity index (χ1v) is 11.9. The van der Waals surface area contributed by atoms with Crippen molar-refractivity contribution in [2.24, 2.45) is 5.92 Å². The van der Waals surface area contributed by atoms with Gasteiger partial charge in [-0.15, -0.1) is 0 Å². The van der Waals surface area contributed by atoms with Crippen LogP contribution in [0.1, 0.15) is 47.7 Å². The summed E-state index contributed by atoms with van der Waals surface area (Å²) in [6, 6.07) is 19.0. The topological polar surface area (TPSA) is 50.4 Å². The van der Waals surface area contributed by atoms with Gasteiger partial charge < -0.3 is 15.4 Å². The summed E-state index contributed by atoms with van der Waals surface area (Å²) in [5.41, 5.74) is 8.98. The van der Waals surface area contributed by atoms with E-state index in [0.717, 1.165) is 70.2 Å². The number of rotatable bonds is 9. The molecule has 1 saturated carbocycles. The molecule has 0 aromatic heterocycles. The molecular formula is C29H34N2O2. The standard InChI is InChI=1S/C29H34N2O2/c1-5-16-30-24-14-10-23(11-15-24)27-19(2)17-26(20(3)28(27)29(32)33-4)22-8-12-25(13-9-22)31-18-21-6-7-21/h8-15,17,21,30-31H,5-7,16,18H2,1-4H3. The van der Waals surface area contributed by atoms with Crippen LogP contribution in [0.4, 0.5) is 11.4 Å². The average molecular weight is 443 g/mol. The number of ether oxygens (including phenoxy) is 1. The fourth-order valence-corrected chi connectivity index (χ4v) is 4.32.